The Morgan fingerprint density at radius 1 is 1.00 bits per heavy atom. The van der Waals surface area contributed by atoms with Gasteiger partial charge in [0.15, 0.2) is 9.76 Å². The van der Waals surface area contributed by atoms with Crippen LogP contribution in [0.1, 0.15) is 41.0 Å². The second-order valence-electron chi connectivity index (χ2n) is 4.32. The van der Waals surface area contributed by atoms with Crippen molar-refractivity contribution >= 4 is 9.76 Å². The van der Waals surface area contributed by atoms with Gasteiger partial charge in [-0.25, -0.2) is 0 Å². The van der Waals surface area contributed by atoms with Gasteiger partial charge < -0.3 is 4.43 Å². The molecule has 4 heteroatoms. The molecule has 0 aliphatic heterocycles. The Morgan fingerprint density at radius 2 is 1.59 bits per heavy atom. The number of azo groups is 1. The first-order chi connectivity index (χ1) is 8.04. The van der Waals surface area contributed by atoms with E-state index in [0.717, 1.165) is 12.6 Å². The molecule has 0 N–H and O–H groups in total. The van der Waals surface area contributed by atoms with Crippen molar-refractivity contribution in [2.75, 3.05) is 19.8 Å². The van der Waals surface area contributed by atoms with Crippen LogP contribution < -0.4 is 0 Å². The molecular formula is C13H26N2OSi. The molecule has 0 radical (unpaired) electrons. The largest absolute Gasteiger partial charge is 0.425 e. The van der Waals surface area contributed by atoms with Crippen LogP contribution in [-0.4, -0.2) is 29.6 Å². The molecule has 17 heavy (non-hydrogen) atoms. The predicted octanol–water partition coefficient (Wildman–Crippen LogP) is 3.21. The average Bonchev–Trinajstić information content (AvgIpc) is 2.35. The summed E-state index contributed by atoms with van der Waals surface area (Å²) in [6.07, 6.45) is 1.89. The first-order valence-electron chi connectivity index (χ1n) is 6.19. The van der Waals surface area contributed by atoms with Gasteiger partial charge in [0.25, 0.3) is 0 Å². The first kappa shape index (κ1) is 16.3. The van der Waals surface area contributed by atoms with E-state index >= 15 is 0 Å². The quantitative estimate of drug-likeness (QED) is 0.297. The molecule has 0 fully saturated rings. The lowest BCUT2D eigenvalue weighted by Crippen LogP contribution is -1.98. The number of hydrogen-bond donors (Lipinski definition) is 0. The van der Waals surface area contributed by atoms with Crippen LogP contribution in [0.25, 0.3) is 0 Å². The Labute approximate surface area is 108 Å². The molecule has 0 aliphatic carbocycles. The van der Waals surface area contributed by atoms with E-state index < -0.39 is 9.76 Å². The molecule has 0 spiro atoms. The van der Waals surface area contributed by atoms with Gasteiger partial charge in [-0.3, -0.25) is 0 Å². The number of rotatable bonds is 7. The molecule has 0 aromatic rings. The van der Waals surface area contributed by atoms with Crippen LogP contribution in [0.3, 0.4) is 0 Å². The van der Waals surface area contributed by atoms with E-state index in [2.05, 4.69) is 44.8 Å². The number of nitrogens with zero attached hydrogens (tertiary/aromatic N) is 2. The molecule has 0 aromatic heterocycles. The lowest BCUT2D eigenvalue weighted by Gasteiger charge is -2.09. The normalized spacial score (nSPS) is 15.6. The van der Waals surface area contributed by atoms with Crippen molar-refractivity contribution in [3.63, 3.8) is 0 Å². The summed E-state index contributed by atoms with van der Waals surface area (Å²) in [7, 11) is 1.27. The van der Waals surface area contributed by atoms with Gasteiger partial charge in [0.05, 0.1) is 12.7 Å². The van der Waals surface area contributed by atoms with Gasteiger partial charge in [-0.1, -0.05) is 12.5 Å². The minimum Gasteiger partial charge on any atom is -0.425 e. The third-order valence-electron chi connectivity index (χ3n) is 3.18. The molecule has 0 aliphatic rings. The molecule has 0 bridgehead atoms. The van der Waals surface area contributed by atoms with Crippen molar-refractivity contribution in [3.8, 4) is 0 Å². The van der Waals surface area contributed by atoms with Crippen LogP contribution in [0.5, 0.6) is 0 Å². The Bertz CT molecular complexity index is 319. The summed E-state index contributed by atoms with van der Waals surface area (Å²) in [5.41, 5.74) is 5.50. The van der Waals surface area contributed by atoms with Crippen LogP contribution in [0.4, 0.5) is 0 Å². The van der Waals surface area contributed by atoms with E-state index in [1.807, 2.05) is 0 Å². The SMILES string of the molecule is CCC(C)=C(C)C(C)=C(C)CN=NC[SiH2]OC. The van der Waals surface area contributed by atoms with Crippen LogP contribution in [0.2, 0.25) is 0 Å². The van der Waals surface area contributed by atoms with Gasteiger partial charge in [-0.2, -0.15) is 10.2 Å². The maximum atomic E-state index is 5.05. The van der Waals surface area contributed by atoms with Gasteiger partial charge in [-0.05, 0) is 50.8 Å². The van der Waals surface area contributed by atoms with E-state index in [0.29, 0.717) is 6.54 Å². The third-order valence-corrected chi connectivity index (χ3v) is 3.97. The summed E-state index contributed by atoms with van der Waals surface area (Å²) in [4.78, 5) is 0. The second kappa shape index (κ2) is 9.30. The summed E-state index contributed by atoms with van der Waals surface area (Å²) in [5.74, 6) is 0. The highest BCUT2D eigenvalue weighted by Gasteiger charge is 2.01. The molecule has 0 amide bonds. The van der Waals surface area contributed by atoms with Crippen LogP contribution in [0, 0.1) is 0 Å². The van der Waals surface area contributed by atoms with Crippen molar-refractivity contribution in [1.82, 2.24) is 0 Å². The predicted molar refractivity (Wildman–Crippen MR) is 77.2 cm³/mol. The minimum atomic E-state index is -0.461. The lowest BCUT2D eigenvalue weighted by atomic mass is 9.98. The molecular weight excluding hydrogens is 228 g/mol. The molecule has 3 nitrogen and oxygen atoms in total. The molecule has 0 unspecified atom stereocenters. The van der Waals surface area contributed by atoms with E-state index in [1.54, 1.807) is 7.11 Å². The molecule has 0 rings (SSSR count). The smallest absolute Gasteiger partial charge is 0.184 e. The number of hydrogen-bond acceptors (Lipinski definition) is 3. The molecule has 0 aromatic carbocycles. The van der Waals surface area contributed by atoms with Crippen LogP contribution >= 0.6 is 0 Å². The Kier molecular flexibility index (Phi) is 8.90. The molecule has 0 atom stereocenters. The fraction of sp³-hybridized carbons (Fsp3) is 0.692. The molecule has 0 saturated carbocycles. The maximum Gasteiger partial charge on any atom is 0.184 e. The molecule has 98 valence electrons. The Morgan fingerprint density at radius 3 is 2.12 bits per heavy atom. The highest BCUT2D eigenvalue weighted by atomic mass is 28.2. The second-order valence-corrected chi connectivity index (χ2v) is 5.75. The summed E-state index contributed by atoms with van der Waals surface area (Å²) >= 11 is 0. The van der Waals surface area contributed by atoms with Crippen molar-refractivity contribution in [3.05, 3.63) is 22.3 Å². The topological polar surface area (TPSA) is 34.0 Å². The number of allylic oxidation sites excluding steroid dienone is 3. The van der Waals surface area contributed by atoms with Crippen molar-refractivity contribution in [1.29, 1.82) is 0 Å². The van der Waals surface area contributed by atoms with Gasteiger partial charge in [0, 0.05) is 7.11 Å². The summed E-state index contributed by atoms with van der Waals surface area (Å²) in [5, 5.41) is 8.32. The zero-order valence-electron chi connectivity index (χ0n) is 12.1. The van der Waals surface area contributed by atoms with E-state index in [1.165, 1.54) is 22.3 Å². The Hall–Kier alpha value is -0.743. The van der Waals surface area contributed by atoms with Gasteiger partial charge in [0.1, 0.15) is 0 Å². The highest BCUT2D eigenvalue weighted by Crippen LogP contribution is 2.19. The average molecular weight is 254 g/mol. The van der Waals surface area contributed by atoms with Gasteiger partial charge in [-0.15, -0.1) is 0 Å². The van der Waals surface area contributed by atoms with Crippen LogP contribution in [0.15, 0.2) is 32.5 Å². The zero-order chi connectivity index (χ0) is 13.3. The fourth-order valence-electron chi connectivity index (χ4n) is 1.38. The van der Waals surface area contributed by atoms with Crippen molar-refractivity contribution in [2.24, 2.45) is 10.2 Å². The first-order valence-corrected chi connectivity index (χ1v) is 7.77. The third kappa shape index (κ3) is 6.53. The fourth-order valence-corrected chi connectivity index (χ4v) is 1.79. The molecule has 0 saturated heterocycles. The summed E-state index contributed by atoms with van der Waals surface area (Å²) < 4.78 is 5.05. The molecule has 0 heterocycles. The monoisotopic (exact) mass is 254 g/mol. The van der Waals surface area contributed by atoms with E-state index in [9.17, 15) is 0 Å². The summed E-state index contributed by atoms with van der Waals surface area (Å²) in [6.45, 7) is 11.6. The van der Waals surface area contributed by atoms with Crippen LogP contribution in [-0.2, 0) is 4.43 Å². The summed E-state index contributed by atoms with van der Waals surface area (Å²) in [6, 6.07) is 0. The van der Waals surface area contributed by atoms with E-state index in [-0.39, 0.29) is 0 Å². The maximum absolute atomic E-state index is 5.05. The van der Waals surface area contributed by atoms with Crippen molar-refractivity contribution < 1.29 is 4.43 Å². The minimum absolute atomic E-state index is 0.461. The lowest BCUT2D eigenvalue weighted by molar-refractivity contribution is 0.441. The zero-order valence-corrected chi connectivity index (χ0v) is 13.5. The van der Waals surface area contributed by atoms with Gasteiger partial charge >= 0.3 is 0 Å². The van der Waals surface area contributed by atoms with Crippen molar-refractivity contribution in [2.45, 2.75) is 41.0 Å². The van der Waals surface area contributed by atoms with Gasteiger partial charge in [0.2, 0.25) is 0 Å². The Balaban J connectivity index is 4.46. The van der Waals surface area contributed by atoms with E-state index in [4.69, 9.17) is 4.43 Å². The highest BCUT2D eigenvalue weighted by molar-refractivity contribution is 6.27. The standard InChI is InChI=1S/C13H26N2OSi/c1-7-10(2)12(4)13(5)11(3)8-14-15-9-17-16-6/h7-9,17H2,1-6H3.